The van der Waals surface area contributed by atoms with Gasteiger partial charge < -0.3 is 10.0 Å². The fraction of sp³-hybridized carbons (Fsp3) is 0.500. The van der Waals surface area contributed by atoms with Crippen molar-refractivity contribution in [3.8, 4) is 0 Å². The molecule has 0 radical (unpaired) electrons. The largest absolute Gasteiger partial charge is 0.481 e. The van der Waals surface area contributed by atoms with Crippen molar-refractivity contribution in [1.29, 1.82) is 0 Å². The lowest BCUT2D eigenvalue weighted by atomic mass is 9.96. The first-order valence-electron chi connectivity index (χ1n) is 5.62. The molecule has 1 amide bonds. The number of likely N-dealkylation sites (tertiary alicyclic amines) is 1. The van der Waals surface area contributed by atoms with Gasteiger partial charge in [-0.3, -0.25) is 24.4 Å². The van der Waals surface area contributed by atoms with Gasteiger partial charge in [0.2, 0.25) is 5.91 Å². The van der Waals surface area contributed by atoms with Crippen molar-refractivity contribution in [2.75, 3.05) is 13.1 Å². The second-order valence-corrected chi connectivity index (χ2v) is 4.42. The molecule has 1 aromatic rings. The van der Waals surface area contributed by atoms with E-state index in [4.69, 9.17) is 5.11 Å². The average Bonchev–Trinajstić information content (AvgIpc) is 2.70. The summed E-state index contributed by atoms with van der Waals surface area (Å²) in [7, 11) is 0. The monoisotopic (exact) mass is 268 g/mol. The normalized spacial score (nSPS) is 15.1. The Labute approximate surface area is 107 Å². The van der Waals surface area contributed by atoms with Gasteiger partial charge >= 0.3 is 11.7 Å². The summed E-state index contributed by atoms with van der Waals surface area (Å²) in [6.45, 7) is 0.747. The lowest BCUT2D eigenvalue weighted by Gasteiger charge is -2.38. The van der Waals surface area contributed by atoms with Crippen LogP contribution in [0.1, 0.15) is 6.42 Å². The highest BCUT2D eigenvalue weighted by molar-refractivity contribution is 5.77. The van der Waals surface area contributed by atoms with Crippen molar-refractivity contribution < 1.29 is 19.6 Å². The molecule has 19 heavy (non-hydrogen) atoms. The zero-order valence-corrected chi connectivity index (χ0v) is 9.93. The van der Waals surface area contributed by atoms with E-state index in [0.717, 1.165) is 6.20 Å². The standard InChI is InChI=1S/C10H12N4O5/c15-9(12-3-7(4-12)1-10(16)17)6-13-5-8(2-11-13)14(18)19/h2,5,7H,1,3-4,6H2,(H,16,17). The quantitative estimate of drug-likeness (QED) is 0.579. The van der Waals surface area contributed by atoms with Crippen molar-refractivity contribution in [2.24, 2.45) is 5.92 Å². The third-order valence-electron chi connectivity index (χ3n) is 2.90. The Balaban J connectivity index is 1.82. The van der Waals surface area contributed by atoms with Crippen LogP contribution in [0.4, 0.5) is 5.69 Å². The molecule has 0 spiro atoms. The van der Waals surface area contributed by atoms with Crippen molar-refractivity contribution in [2.45, 2.75) is 13.0 Å². The van der Waals surface area contributed by atoms with Crippen LogP contribution in [0, 0.1) is 16.0 Å². The first-order valence-corrected chi connectivity index (χ1v) is 5.62. The minimum Gasteiger partial charge on any atom is -0.481 e. The number of nitro groups is 1. The molecule has 0 aliphatic carbocycles. The molecule has 2 heterocycles. The van der Waals surface area contributed by atoms with Gasteiger partial charge in [0.15, 0.2) is 0 Å². The summed E-state index contributed by atoms with van der Waals surface area (Å²) >= 11 is 0. The summed E-state index contributed by atoms with van der Waals surface area (Å²) in [4.78, 5) is 33.6. The number of rotatable bonds is 5. The number of nitrogens with zero attached hydrogens (tertiary/aromatic N) is 4. The number of hydrogen-bond donors (Lipinski definition) is 1. The molecule has 102 valence electrons. The van der Waals surface area contributed by atoms with Gasteiger partial charge in [-0.2, -0.15) is 5.10 Å². The second kappa shape index (κ2) is 5.04. The molecule has 0 saturated carbocycles. The first-order chi connectivity index (χ1) is 8.95. The van der Waals surface area contributed by atoms with E-state index >= 15 is 0 Å². The van der Waals surface area contributed by atoms with Crippen LogP contribution in [0.25, 0.3) is 0 Å². The van der Waals surface area contributed by atoms with E-state index in [1.54, 1.807) is 0 Å². The highest BCUT2D eigenvalue weighted by Gasteiger charge is 2.32. The number of carboxylic acid groups (broad SMARTS) is 1. The van der Waals surface area contributed by atoms with Crippen LogP contribution in [-0.2, 0) is 16.1 Å². The molecule has 0 atom stereocenters. The van der Waals surface area contributed by atoms with E-state index in [1.165, 1.54) is 15.8 Å². The van der Waals surface area contributed by atoms with Gasteiger partial charge in [0.05, 0.1) is 11.3 Å². The number of aliphatic carboxylic acids is 1. The van der Waals surface area contributed by atoms with E-state index < -0.39 is 10.9 Å². The summed E-state index contributed by atoms with van der Waals surface area (Å²) in [5.41, 5.74) is -0.167. The van der Waals surface area contributed by atoms with E-state index in [9.17, 15) is 19.7 Å². The summed E-state index contributed by atoms with van der Waals surface area (Å²) in [6, 6.07) is 0. The molecule has 1 N–H and O–H groups in total. The number of carbonyl (C=O) groups excluding carboxylic acids is 1. The number of aromatic nitrogens is 2. The zero-order valence-electron chi connectivity index (χ0n) is 9.93. The molecule has 1 aliphatic heterocycles. The Morgan fingerprint density at radius 3 is 2.74 bits per heavy atom. The molecular weight excluding hydrogens is 256 g/mol. The zero-order chi connectivity index (χ0) is 14.0. The number of hydrogen-bond acceptors (Lipinski definition) is 5. The topological polar surface area (TPSA) is 119 Å². The molecule has 2 rings (SSSR count). The number of amides is 1. The SMILES string of the molecule is O=C(O)CC1CN(C(=O)Cn2cc([N+](=O)[O-])cn2)C1. The van der Waals surface area contributed by atoms with Crippen molar-refractivity contribution in [3.63, 3.8) is 0 Å². The fourth-order valence-electron chi connectivity index (χ4n) is 1.92. The molecule has 1 fully saturated rings. The molecule has 1 aromatic heterocycles. The summed E-state index contributed by atoms with van der Waals surface area (Å²) < 4.78 is 1.20. The lowest BCUT2D eigenvalue weighted by molar-refractivity contribution is -0.385. The minimum atomic E-state index is -0.875. The Kier molecular flexibility index (Phi) is 3.45. The lowest BCUT2D eigenvalue weighted by Crippen LogP contribution is -2.51. The maximum atomic E-state index is 11.8. The molecule has 1 aliphatic rings. The van der Waals surface area contributed by atoms with Crippen LogP contribution in [0.3, 0.4) is 0 Å². The molecular formula is C10H12N4O5. The van der Waals surface area contributed by atoms with Gasteiger partial charge in [-0.1, -0.05) is 0 Å². The molecule has 0 aromatic carbocycles. The van der Waals surface area contributed by atoms with Crippen LogP contribution >= 0.6 is 0 Å². The van der Waals surface area contributed by atoms with Crippen LogP contribution < -0.4 is 0 Å². The summed E-state index contributed by atoms with van der Waals surface area (Å²) in [5.74, 6) is -1.10. The highest BCUT2D eigenvalue weighted by atomic mass is 16.6. The van der Waals surface area contributed by atoms with Gasteiger partial charge in [0.1, 0.15) is 18.9 Å². The van der Waals surface area contributed by atoms with Crippen LogP contribution in [0.15, 0.2) is 12.4 Å². The van der Waals surface area contributed by atoms with E-state index in [2.05, 4.69) is 5.10 Å². The van der Waals surface area contributed by atoms with Crippen LogP contribution in [0.2, 0.25) is 0 Å². The highest BCUT2D eigenvalue weighted by Crippen LogP contribution is 2.19. The molecule has 1 saturated heterocycles. The Bertz CT molecular complexity index is 520. The van der Waals surface area contributed by atoms with Gasteiger partial charge in [0.25, 0.3) is 0 Å². The smallest absolute Gasteiger partial charge is 0.307 e. The fourth-order valence-corrected chi connectivity index (χ4v) is 1.92. The minimum absolute atomic E-state index is 0.00610. The van der Waals surface area contributed by atoms with Crippen molar-refractivity contribution in [1.82, 2.24) is 14.7 Å². The average molecular weight is 268 g/mol. The number of carboxylic acids is 1. The van der Waals surface area contributed by atoms with Crippen molar-refractivity contribution >= 4 is 17.6 Å². The van der Waals surface area contributed by atoms with Crippen molar-refractivity contribution in [3.05, 3.63) is 22.5 Å². The van der Waals surface area contributed by atoms with E-state index in [1.807, 2.05) is 0 Å². The predicted molar refractivity (Wildman–Crippen MR) is 61.2 cm³/mol. The Morgan fingerprint density at radius 2 is 2.21 bits per heavy atom. The second-order valence-electron chi connectivity index (χ2n) is 4.42. The Hall–Kier alpha value is -2.45. The summed E-state index contributed by atoms with van der Waals surface area (Å²) in [5, 5.41) is 22.7. The third kappa shape index (κ3) is 3.06. The van der Waals surface area contributed by atoms with E-state index in [0.29, 0.717) is 13.1 Å². The maximum absolute atomic E-state index is 11.8. The number of carbonyl (C=O) groups is 2. The maximum Gasteiger partial charge on any atom is 0.307 e. The molecule has 9 nitrogen and oxygen atoms in total. The van der Waals surface area contributed by atoms with Gasteiger partial charge in [-0.25, -0.2) is 0 Å². The van der Waals surface area contributed by atoms with Gasteiger partial charge in [-0.05, 0) is 0 Å². The van der Waals surface area contributed by atoms with Crippen LogP contribution in [-0.4, -0.2) is 49.7 Å². The summed E-state index contributed by atoms with van der Waals surface area (Å²) in [6.07, 6.45) is 2.32. The molecule has 9 heteroatoms. The van der Waals surface area contributed by atoms with E-state index in [-0.39, 0.29) is 30.5 Å². The van der Waals surface area contributed by atoms with Gasteiger partial charge in [-0.15, -0.1) is 0 Å². The molecule has 0 bridgehead atoms. The predicted octanol–water partition coefficient (Wildman–Crippen LogP) is -0.276. The first kappa shape index (κ1) is 13.0. The van der Waals surface area contributed by atoms with Gasteiger partial charge in [0, 0.05) is 19.0 Å². The molecule has 0 unspecified atom stereocenters. The Morgan fingerprint density at radius 1 is 1.53 bits per heavy atom. The van der Waals surface area contributed by atoms with Crippen LogP contribution in [0.5, 0.6) is 0 Å². The third-order valence-corrected chi connectivity index (χ3v) is 2.90.